The molecule has 0 saturated carbocycles. The minimum Gasteiger partial charge on any atom is -0.317 e. The van der Waals surface area contributed by atoms with Crippen molar-refractivity contribution in [3.63, 3.8) is 0 Å². The number of hydrogen-bond acceptors (Lipinski definition) is 1. The Hall–Kier alpha value is -2.30. The van der Waals surface area contributed by atoms with Gasteiger partial charge < -0.3 is 5.32 Å². The van der Waals surface area contributed by atoms with E-state index in [1.807, 2.05) is 5.32 Å². The molecule has 0 fully saturated rings. The molecule has 1 N–H and O–H groups in total. The Bertz CT molecular complexity index is 584. The first-order valence-corrected chi connectivity index (χ1v) is 5.09. The van der Waals surface area contributed by atoms with Crippen LogP contribution in [0.25, 0.3) is 0 Å². The summed E-state index contributed by atoms with van der Waals surface area (Å²) in [6.07, 6.45) is 0. The number of hydrogen-bond donors (Lipinski definition) is 1. The van der Waals surface area contributed by atoms with Gasteiger partial charge in [-0.25, -0.2) is 13.2 Å². The van der Waals surface area contributed by atoms with Gasteiger partial charge in [0.25, 0.3) is 5.91 Å². The van der Waals surface area contributed by atoms with E-state index >= 15 is 0 Å². The number of nitrogens with one attached hydrogen (secondary N) is 1. The SMILES string of the molecule is O=C(Nc1c(F)ccc(F)c1F)c1ccccc1. The van der Waals surface area contributed by atoms with E-state index in [0.717, 1.165) is 6.07 Å². The second-order valence-electron chi connectivity index (χ2n) is 3.54. The van der Waals surface area contributed by atoms with Crippen LogP contribution in [0.1, 0.15) is 10.4 Å². The van der Waals surface area contributed by atoms with Gasteiger partial charge in [-0.15, -0.1) is 0 Å². The van der Waals surface area contributed by atoms with Crippen LogP contribution in [0.2, 0.25) is 0 Å². The highest BCUT2D eigenvalue weighted by Gasteiger charge is 2.16. The van der Waals surface area contributed by atoms with Crippen LogP contribution in [0.15, 0.2) is 42.5 Å². The average molecular weight is 251 g/mol. The fourth-order valence-corrected chi connectivity index (χ4v) is 1.42. The lowest BCUT2D eigenvalue weighted by atomic mass is 10.2. The minimum atomic E-state index is -1.42. The van der Waals surface area contributed by atoms with Gasteiger partial charge in [0, 0.05) is 5.56 Å². The highest BCUT2D eigenvalue weighted by molar-refractivity contribution is 6.04. The van der Waals surface area contributed by atoms with E-state index in [2.05, 4.69) is 0 Å². The zero-order chi connectivity index (χ0) is 13.1. The van der Waals surface area contributed by atoms with Gasteiger partial charge in [-0.05, 0) is 24.3 Å². The van der Waals surface area contributed by atoms with Crippen molar-refractivity contribution in [1.29, 1.82) is 0 Å². The van der Waals surface area contributed by atoms with Crippen LogP contribution in [0.4, 0.5) is 18.9 Å². The summed E-state index contributed by atoms with van der Waals surface area (Å²) in [6, 6.07) is 9.26. The molecule has 0 spiro atoms. The maximum atomic E-state index is 13.3. The first-order chi connectivity index (χ1) is 8.59. The number of amides is 1. The molecule has 0 aliphatic heterocycles. The highest BCUT2D eigenvalue weighted by atomic mass is 19.2. The van der Waals surface area contributed by atoms with E-state index in [1.54, 1.807) is 18.2 Å². The molecule has 0 aliphatic rings. The first kappa shape index (κ1) is 12.2. The molecule has 2 aromatic carbocycles. The standard InChI is InChI=1S/C13H8F3NO/c14-9-6-7-10(15)12(11(9)16)17-13(18)8-4-2-1-3-5-8/h1-7H,(H,17,18). The Morgan fingerprint density at radius 3 is 2.17 bits per heavy atom. The summed E-state index contributed by atoms with van der Waals surface area (Å²) < 4.78 is 39.5. The van der Waals surface area contributed by atoms with Crippen molar-refractivity contribution in [1.82, 2.24) is 0 Å². The van der Waals surface area contributed by atoms with Crippen LogP contribution >= 0.6 is 0 Å². The van der Waals surface area contributed by atoms with Crippen LogP contribution < -0.4 is 5.32 Å². The third-order valence-corrected chi connectivity index (χ3v) is 2.32. The van der Waals surface area contributed by atoms with Crippen molar-refractivity contribution in [2.24, 2.45) is 0 Å². The topological polar surface area (TPSA) is 29.1 Å². The molecular weight excluding hydrogens is 243 g/mol. The molecule has 92 valence electrons. The third kappa shape index (κ3) is 2.34. The fraction of sp³-hybridized carbons (Fsp3) is 0. The molecule has 0 saturated heterocycles. The number of carbonyl (C=O) groups excluding carboxylic acids is 1. The molecule has 0 unspecified atom stereocenters. The van der Waals surface area contributed by atoms with Gasteiger partial charge in [0.05, 0.1) is 0 Å². The molecule has 2 aromatic rings. The Morgan fingerprint density at radius 1 is 0.889 bits per heavy atom. The maximum absolute atomic E-state index is 13.3. The quantitative estimate of drug-likeness (QED) is 0.815. The average Bonchev–Trinajstić information content (AvgIpc) is 2.40. The fourth-order valence-electron chi connectivity index (χ4n) is 1.42. The van der Waals surface area contributed by atoms with Crippen molar-refractivity contribution in [2.75, 3.05) is 5.32 Å². The Labute approximate surface area is 101 Å². The molecule has 0 aromatic heterocycles. The Morgan fingerprint density at radius 2 is 1.50 bits per heavy atom. The first-order valence-electron chi connectivity index (χ1n) is 5.09. The number of carbonyl (C=O) groups is 1. The summed E-state index contributed by atoms with van der Waals surface area (Å²) in [5.41, 5.74) is -0.565. The van der Waals surface area contributed by atoms with Crippen molar-refractivity contribution in [3.05, 3.63) is 65.5 Å². The molecule has 0 bridgehead atoms. The lowest BCUT2D eigenvalue weighted by Gasteiger charge is -2.07. The summed E-state index contributed by atoms with van der Waals surface area (Å²) >= 11 is 0. The predicted molar refractivity (Wildman–Crippen MR) is 60.7 cm³/mol. The zero-order valence-corrected chi connectivity index (χ0v) is 9.08. The van der Waals surface area contributed by atoms with Gasteiger partial charge in [-0.1, -0.05) is 18.2 Å². The third-order valence-electron chi connectivity index (χ3n) is 2.32. The molecular formula is C13H8F3NO. The van der Waals surface area contributed by atoms with Gasteiger partial charge in [-0.2, -0.15) is 0 Å². The Balaban J connectivity index is 2.30. The normalized spacial score (nSPS) is 10.2. The Kier molecular flexibility index (Phi) is 3.32. The van der Waals surface area contributed by atoms with Crippen molar-refractivity contribution in [3.8, 4) is 0 Å². The van der Waals surface area contributed by atoms with Crippen LogP contribution in [0.5, 0.6) is 0 Å². The molecule has 2 rings (SSSR count). The highest BCUT2D eigenvalue weighted by Crippen LogP contribution is 2.21. The second-order valence-corrected chi connectivity index (χ2v) is 3.54. The van der Waals surface area contributed by atoms with E-state index < -0.39 is 29.0 Å². The predicted octanol–water partition coefficient (Wildman–Crippen LogP) is 3.36. The number of rotatable bonds is 2. The van der Waals surface area contributed by atoms with E-state index in [0.29, 0.717) is 6.07 Å². The van der Waals surface area contributed by atoms with Gasteiger partial charge in [0.1, 0.15) is 11.5 Å². The molecule has 0 atom stereocenters. The van der Waals surface area contributed by atoms with Crippen molar-refractivity contribution >= 4 is 11.6 Å². The van der Waals surface area contributed by atoms with E-state index in [-0.39, 0.29) is 5.56 Å². The smallest absolute Gasteiger partial charge is 0.255 e. The lowest BCUT2D eigenvalue weighted by molar-refractivity contribution is 0.102. The summed E-state index contributed by atoms with van der Waals surface area (Å²) in [6.45, 7) is 0. The summed E-state index contributed by atoms with van der Waals surface area (Å²) in [4.78, 5) is 11.7. The number of benzene rings is 2. The molecule has 5 heteroatoms. The molecule has 1 amide bonds. The van der Waals surface area contributed by atoms with Gasteiger partial charge in [-0.3, -0.25) is 4.79 Å². The molecule has 2 nitrogen and oxygen atoms in total. The largest absolute Gasteiger partial charge is 0.317 e. The maximum Gasteiger partial charge on any atom is 0.255 e. The van der Waals surface area contributed by atoms with Crippen LogP contribution in [-0.2, 0) is 0 Å². The van der Waals surface area contributed by atoms with Gasteiger partial charge in [0.15, 0.2) is 11.6 Å². The number of halogens is 3. The van der Waals surface area contributed by atoms with Crippen LogP contribution in [0.3, 0.4) is 0 Å². The monoisotopic (exact) mass is 251 g/mol. The zero-order valence-electron chi connectivity index (χ0n) is 9.08. The van der Waals surface area contributed by atoms with Gasteiger partial charge >= 0.3 is 0 Å². The minimum absolute atomic E-state index is 0.223. The van der Waals surface area contributed by atoms with E-state index in [1.165, 1.54) is 12.1 Å². The lowest BCUT2D eigenvalue weighted by Crippen LogP contribution is -2.14. The molecule has 0 heterocycles. The van der Waals surface area contributed by atoms with Gasteiger partial charge in [0.2, 0.25) is 0 Å². The summed E-state index contributed by atoms with van der Waals surface area (Å²) in [5.74, 6) is -4.38. The summed E-state index contributed by atoms with van der Waals surface area (Å²) in [7, 11) is 0. The van der Waals surface area contributed by atoms with E-state index in [9.17, 15) is 18.0 Å². The molecule has 0 radical (unpaired) electrons. The van der Waals surface area contributed by atoms with Crippen molar-refractivity contribution in [2.45, 2.75) is 0 Å². The van der Waals surface area contributed by atoms with Crippen molar-refractivity contribution < 1.29 is 18.0 Å². The van der Waals surface area contributed by atoms with E-state index in [4.69, 9.17) is 0 Å². The van der Waals surface area contributed by atoms with Crippen LogP contribution in [-0.4, -0.2) is 5.91 Å². The van der Waals surface area contributed by atoms with Crippen LogP contribution in [0, 0.1) is 17.5 Å². The summed E-state index contributed by atoms with van der Waals surface area (Å²) in [5, 5.41) is 2.01. The molecule has 18 heavy (non-hydrogen) atoms. The number of anilines is 1. The molecule has 0 aliphatic carbocycles. The second kappa shape index (κ2) is 4.91.